The van der Waals surface area contributed by atoms with E-state index in [0.29, 0.717) is 13.0 Å². The van der Waals surface area contributed by atoms with Crippen molar-refractivity contribution >= 4 is 17.4 Å². The van der Waals surface area contributed by atoms with Crippen LogP contribution in [0.2, 0.25) is 0 Å². The number of nitrogens with two attached hydrogens (primary N) is 1. The molecule has 120 valence electrons. The molecule has 1 aromatic carbocycles. The Kier molecular flexibility index (Phi) is 5.21. The fourth-order valence-corrected chi connectivity index (χ4v) is 2.02. The monoisotopic (exact) mass is 316 g/mol. The molecule has 1 heterocycles. The summed E-state index contributed by atoms with van der Waals surface area (Å²) in [4.78, 5) is 25.4. The van der Waals surface area contributed by atoms with E-state index in [1.165, 1.54) is 0 Å². The molecular formula is C15H16N4O4. The van der Waals surface area contributed by atoms with Gasteiger partial charge in [-0.15, -0.1) is 0 Å². The third-order valence-corrected chi connectivity index (χ3v) is 3.26. The molecule has 0 aliphatic heterocycles. The topological polar surface area (TPSA) is 131 Å². The lowest BCUT2D eigenvalue weighted by atomic mass is 10.1. The number of nitrogens with one attached hydrogen (secondary N) is 1. The van der Waals surface area contributed by atoms with E-state index in [-0.39, 0.29) is 23.7 Å². The van der Waals surface area contributed by atoms with Crippen LogP contribution in [0.25, 0.3) is 0 Å². The van der Waals surface area contributed by atoms with Gasteiger partial charge in [0.15, 0.2) is 0 Å². The average Bonchev–Trinajstić information content (AvgIpc) is 2.55. The SMILES string of the molecule is NC(=O)c1cc([N+](=O)[O-])cnc1NCCc1ccc(CO)cc1. The third-order valence-electron chi connectivity index (χ3n) is 3.26. The molecule has 0 aliphatic rings. The summed E-state index contributed by atoms with van der Waals surface area (Å²) in [6.07, 6.45) is 1.73. The lowest BCUT2D eigenvalue weighted by molar-refractivity contribution is -0.385. The molecule has 0 unspecified atom stereocenters. The molecule has 8 heteroatoms. The number of hydrogen-bond acceptors (Lipinski definition) is 6. The van der Waals surface area contributed by atoms with Gasteiger partial charge < -0.3 is 16.2 Å². The zero-order chi connectivity index (χ0) is 16.8. The second-order valence-electron chi connectivity index (χ2n) is 4.86. The molecule has 0 bridgehead atoms. The van der Waals surface area contributed by atoms with Crippen molar-refractivity contribution in [2.75, 3.05) is 11.9 Å². The molecule has 1 amide bonds. The molecule has 0 radical (unpaired) electrons. The van der Waals surface area contributed by atoms with Crippen molar-refractivity contribution in [3.63, 3.8) is 0 Å². The van der Waals surface area contributed by atoms with Crippen LogP contribution in [0.5, 0.6) is 0 Å². The number of rotatable bonds is 7. The number of nitrogens with zero attached hydrogens (tertiary/aromatic N) is 2. The molecule has 2 aromatic rings. The number of anilines is 1. The van der Waals surface area contributed by atoms with Crippen LogP contribution < -0.4 is 11.1 Å². The van der Waals surface area contributed by atoms with E-state index in [4.69, 9.17) is 10.8 Å². The second kappa shape index (κ2) is 7.32. The normalized spacial score (nSPS) is 10.3. The molecule has 8 nitrogen and oxygen atoms in total. The van der Waals surface area contributed by atoms with Crippen LogP contribution in [0.3, 0.4) is 0 Å². The highest BCUT2D eigenvalue weighted by molar-refractivity contribution is 5.98. The highest BCUT2D eigenvalue weighted by atomic mass is 16.6. The Bertz CT molecular complexity index is 716. The van der Waals surface area contributed by atoms with Crippen molar-refractivity contribution in [3.8, 4) is 0 Å². The Hall–Kier alpha value is -3.00. The number of benzene rings is 1. The standard InChI is InChI=1S/C15H16N4O4/c16-14(21)13-7-12(19(22)23)8-18-15(13)17-6-5-10-1-3-11(9-20)4-2-10/h1-4,7-8,20H,5-6,9H2,(H2,16,21)(H,17,18). The molecule has 0 atom stereocenters. The van der Waals surface area contributed by atoms with Crippen molar-refractivity contribution in [1.29, 1.82) is 0 Å². The Balaban J connectivity index is 2.04. The van der Waals surface area contributed by atoms with Crippen LogP contribution in [-0.4, -0.2) is 27.5 Å². The van der Waals surface area contributed by atoms with E-state index < -0.39 is 10.8 Å². The van der Waals surface area contributed by atoms with E-state index >= 15 is 0 Å². The first-order valence-corrected chi connectivity index (χ1v) is 6.88. The number of aromatic nitrogens is 1. The van der Waals surface area contributed by atoms with Crippen LogP contribution in [0.15, 0.2) is 36.5 Å². The molecule has 23 heavy (non-hydrogen) atoms. The van der Waals surface area contributed by atoms with Gasteiger partial charge >= 0.3 is 0 Å². The fourth-order valence-electron chi connectivity index (χ4n) is 2.02. The first-order chi connectivity index (χ1) is 11.0. The molecule has 0 saturated carbocycles. The Morgan fingerprint density at radius 2 is 1.96 bits per heavy atom. The van der Waals surface area contributed by atoms with E-state index in [9.17, 15) is 14.9 Å². The summed E-state index contributed by atoms with van der Waals surface area (Å²) in [5.74, 6) is -0.564. The first kappa shape index (κ1) is 16.4. The van der Waals surface area contributed by atoms with Crippen LogP contribution >= 0.6 is 0 Å². The van der Waals surface area contributed by atoms with E-state index in [2.05, 4.69) is 10.3 Å². The van der Waals surface area contributed by atoms with Gasteiger partial charge in [-0.3, -0.25) is 14.9 Å². The maximum atomic E-state index is 11.4. The first-order valence-electron chi connectivity index (χ1n) is 6.88. The number of aliphatic hydroxyl groups excluding tert-OH is 1. The number of nitro groups is 1. The number of primary amides is 1. The summed E-state index contributed by atoms with van der Waals surface area (Å²) in [6, 6.07) is 8.55. The van der Waals surface area contributed by atoms with Gasteiger partial charge in [-0.05, 0) is 17.5 Å². The van der Waals surface area contributed by atoms with Crippen molar-refractivity contribution < 1.29 is 14.8 Å². The van der Waals surface area contributed by atoms with Crippen LogP contribution in [0.1, 0.15) is 21.5 Å². The molecule has 0 fully saturated rings. The Morgan fingerprint density at radius 3 is 2.52 bits per heavy atom. The number of hydrogen-bond donors (Lipinski definition) is 3. The zero-order valence-corrected chi connectivity index (χ0v) is 12.2. The Morgan fingerprint density at radius 1 is 1.30 bits per heavy atom. The van der Waals surface area contributed by atoms with E-state index in [1.807, 2.05) is 24.3 Å². The van der Waals surface area contributed by atoms with E-state index in [1.54, 1.807) is 0 Å². The van der Waals surface area contributed by atoms with Gasteiger partial charge in [0, 0.05) is 12.6 Å². The average molecular weight is 316 g/mol. The fraction of sp³-hybridized carbons (Fsp3) is 0.200. The summed E-state index contributed by atoms with van der Waals surface area (Å²) in [6.45, 7) is 0.469. The molecule has 0 saturated heterocycles. The second-order valence-corrected chi connectivity index (χ2v) is 4.86. The minimum Gasteiger partial charge on any atom is -0.392 e. The Labute approximate surface area is 132 Å². The minimum absolute atomic E-state index is 0.00673. The van der Waals surface area contributed by atoms with E-state index in [0.717, 1.165) is 23.4 Å². The number of aliphatic hydroxyl groups is 1. The maximum absolute atomic E-state index is 11.4. The number of carbonyl (C=O) groups excluding carboxylic acids is 1. The maximum Gasteiger partial charge on any atom is 0.288 e. The molecular weight excluding hydrogens is 300 g/mol. The third kappa shape index (κ3) is 4.24. The number of carbonyl (C=O) groups is 1. The van der Waals surface area contributed by atoms with Crippen molar-refractivity contribution in [1.82, 2.24) is 4.98 Å². The van der Waals surface area contributed by atoms with Gasteiger partial charge in [0.1, 0.15) is 12.0 Å². The summed E-state index contributed by atoms with van der Waals surface area (Å²) in [5.41, 5.74) is 6.79. The van der Waals surface area contributed by atoms with Gasteiger partial charge in [-0.1, -0.05) is 24.3 Å². The number of pyridine rings is 1. The van der Waals surface area contributed by atoms with Crippen molar-refractivity contribution in [3.05, 3.63) is 63.3 Å². The van der Waals surface area contributed by atoms with Crippen LogP contribution in [-0.2, 0) is 13.0 Å². The minimum atomic E-state index is -0.781. The summed E-state index contributed by atoms with van der Waals surface area (Å²) in [7, 11) is 0. The van der Waals surface area contributed by atoms with Crippen molar-refractivity contribution in [2.24, 2.45) is 5.73 Å². The molecule has 1 aromatic heterocycles. The zero-order valence-electron chi connectivity index (χ0n) is 12.2. The largest absolute Gasteiger partial charge is 0.392 e. The van der Waals surface area contributed by atoms with Gasteiger partial charge in [-0.25, -0.2) is 4.98 Å². The van der Waals surface area contributed by atoms with Gasteiger partial charge in [0.25, 0.3) is 11.6 Å². The lowest BCUT2D eigenvalue weighted by Crippen LogP contribution is -2.17. The smallest absolute Gasteiger partial charge is 0.288 e. The van der Waals surface area contributed by atoms with Crippen molar-refractivity contribution in [2.45, 2.75) is 13.0 Å². The number of amides is 1. The van der Waals surface area contributed by atoms with Gasteiger partial charge in [0.05, 0.1) is 17.1 Å². The summed E-state index contributed by atoms with van der Waals surface area (Å²) < 4.78 is 0. The molecule has 0 spiro atoms. The predicted octanol–water partition coefficient (Wildman–Crippen LogP) is 1.24. The molecule has 4 N–H and O–H groups in total. The highest BCUT2D eigenvalue weighted by Crippen LogP contribution is 2.18. The lowest BCUT2D eigenvalue weighted by Gasteiger charge is -2.09. The summed E-state index contributed by atoms with van der Waals surface area (Å²) >= 11 is 0. The predicted molar refractivity (Wildman–Crippen MR) is 84.0 cm³/mol. The summed E-state index contributed by atoms with van der Waals surface area (Å²) in [5, 5.41) is 22.7. The molecule has 0 aliphatic carbocycles. The van der Waals surface area contributed by atoms with Crippen LogP contribution in [0.4, 0.5) is 11.5 Å². The van der Waals surface area contributed by atoms with Gasteiger partial charge in [-0.2, -0.15) is 0 Å². The van der Waals surface area contributed by atoms with Gasteiger partial charge in [0.2, 0.25) is 0 Å². The van der Waals surface area contributed by atoms with Crippen LogP contribution in [0, 0.1) is 10.1 Å². The molecule has 2 rings (SSSR count). The highest BCUT2D eigenvalue weighted by Gasteiger charge is 2.15. The quantitative estimate of drug-likeness (QED) is 0.520.